The Balaban J connectivity index is 2.87. The molecule has 2 nitrogen and oxygen atoms in total. The third kappa shape index (κ3) is 2.68. The summed E-state index contributed by atoms with van der Waals surface area (Å²) in [5.74, 6) is 0.904. The third-order valence-electron chi connectivity index (χ3n) is 3.23. The van der Waals surface area contributed by atoms with Gasteiger partial charge in [0.15, 0.2) is 0 Å². The van der Waals surface area contributed by atoms with E-state index in [0.717, 1.165) is 12.2 Å². The molecule has 0 heterocycles. The summed E-state index contributed by atoms with van der Waals surface area (Å²) in [4.78, 5) is 2.30. The van der Waals surface area contributed by atoms with Gasteiger partial charge in [-0.25, -0.2) is 0 Å². The van der Waals surface area contributed by atoms with Crippen LogP contribution in [0.15, 0.2) is 24.3 Å². The highest BCUT2D eigenvalue weighted by molar-refractivity contribution is 6.18. The van der Waals surface area contributed by atoms with Crippen molar-refractivity contribution in [1.29, 1.82) is 0 Å². The number of methoxy groups -OCH3 is 1. The molecule has 0 amide bonds. The molecule has 1 rings (SSSR count). The molecule has 0 aromatic heterocycles. The summed E-state index contributed by atoms with van der Waals surface area (Å²) in [5.41, 5.74) is 1.41. The number of anilines is 1. The Morgan fingerprint density at radius 2 is 1.80 bits per heavy atom. The molecule has 0 saturated heterocycles. The maximum atomic E-state index is 5.14. The highest BCUT2D eigenvalue weighted by Gasteiger charge is 2.20. The number of hydrogen-bond acceptors (Lipinski definition) is 2. The molecule has 0 radical (unpaired) electrons. The van der Waals surface area contributed by atoms with Gasteiger partial charge >= 0.3 is 0 Å². The van der Waals surface area contributed by atoms with Gasteiger partial charge in [0.05, 0.1) is 7.11 Å². The van der Waals surface area contributed by atoms with Gasteiger partial charge < -0.3 is 9.55 Å². The zero-order valence-corrected chi connectivity index (χ0v) is 10.4. The molecule has 0 unspecified atom stereocenters. The van der Waals surface area contributed by atoms with Crippen molar-refractivity contribution in [2.45, 2.75) is 32.7 Å². The average Bonchev–Trinajstić information content (AvgIpc) is 2.28. The van der Waals surface area contributed by atoms with Gasteiger partial charge in [-0.2, -0.15) is 0 Å². The van der Waals surface area contributed by atoms with Crippen LogP contribution in [0.3, 0.4) is 0 Å². The molecular formula is C12H20BNO. The van der Waals surface area contributed by atoms with Crippen molar-refractivity contribution >= 4 is 13.7 Å². The summed E-state index contributed by atoms with van der Waals surface area (Å²) in [6.07, 6.45) is 1.12. The molecule has 0 fully saturated rings. The molecule has 3 heteroatoms. The van der Waals surface area contributed by atoms with E-state index in [2.05, 4.69) is 45.7 Å². The van der Waals surface area contributed by atoms with E-state index >= 15 is 0 Å². The number of benzene rings is 1. The number of nitrogens with zero attached hydrogens (tertiary/aromatic N) is 1. The van der Waals surface area contributed by atoms with Crippen LogP contribution in [0.1, 0.15) is 27.2 Å². The van der Waals surface area contributed by atoms with E-state index < -0.39 is 0 Å². The van der Waals surface area contributed by atoms with Crippen LogP contribution in [0, 0.1) is 0 Å². The van der Waals surface area contributed by atoms with Gasteiger partial charge in [-0.15, -0.1) is 0 Å². The summed E-state index contributed by atoms with van der Waals surface area (Å²) in [7, 11) is 3.82. The second-order valence-electron chi connectivity index (χ2n) is 4.42. The molecule has 15 heavy (non-hydrogen) atoms. The monoisotopic (exact) mass is 205 g/mol. The maximum Gasteiger partial charge on any atom is 0.218 e. The lowest BCUT2D eigenvalue weighted by molar-refractivity contribution is 0.414. The molecule has 82 valence electrons. The topological polar surface area (TPSA) is 12.5 Å². The van der Waals surface area contributed by atoms with E-state index in [9.17, 15) is 0 Å². The first kappa shape index (κ1) is 12.0. The second-order valence-corrected chi connectivity index (χ2v) is 4.42. The first-order valence-electron chi connectivity index (χ1n) is 5.39. The molecule has 0 spiro atoms. The number of ether oxygens (including phenoxy) is 1. The quantitative estimate of drug-likeness (QED) is 0.699. The summed E-state index contributed by atoms with van der Waals surface area (Å²) >= 11 is 0. The predicted octanol–water partition coefficient (Wildman–Crippen LogP) is 2.24. The summed E-state index contributed by atoms with van der Waals surface area (Å²) < 4.78 is 5.14. The van der Waals surface area contributed by atoms with Gasteiger partial charge in [0.25, 0.3) is 0 Å². The van der Waals surface area contributed by atoms with E-state index in [1.54, 1.807) is 7.11 Å². The Hall–Kier alpha value is -1.12. The Morgan fingerprint density at radius 1 is 1.27 bits per heavy atom. The summed E-state index contributed by atoms with van der Waals surface area (Å²) in [6.45, 7) is 6.70. The average molecular weight is 205 g/mol. The van der Waals surface area contributed by atoms with Gasteiger partial charge in [-0.3, -0.25) is 0 Å². The molecule has 0 aliphatic heterocycles. The van der Waals surface area contributed by atoms with Crippen molar-refractivity contribution in [3.63, 3.8) is 0 Å². The van der Waals surface area contributed by atoms with E-state index in [1.807, 2.05) is 12.1 Å². The van der Waals surface area contributed by atoms with Crippen molar-refractivity contribution in [3.8, 4) is 5.75 Å². The molecule has 0 aliphatic carbocycles. The van der Waals surface area contributed by atoms with Crippen LogP contribution in [-0.4, -0.2) is 20.6 Å². The fourth-order valence-electron chi connectivity index (χ4n) is 1.39. The second kappa shape index (κ2) is 4.60. The molecular weight excluding hydrogens is 185 g/mol. The molecule has 0 bridgehead atoms. The highest BCUT2D eigenvalue weighted by atomic mass is 16.5. The zero-order chi connectivity index (χ0) is 11.5. The molecule has 0 N–H and O–H groups in total. The standard InChI is InChI=1S/C12H20BNO/c1-5-12(2,3)14(13)10-6-8-11(15-4)9-7-10/h6-9H,5,13H2,1-4H3. The zero-order valence-electron chi connectivity index (χ0n) is 10.4. The minimum Gasteiger partial charge on any atom is -0.497 e. The van der Waals surface area contributed by atoms with Crippen LogP contribution >= 0.6 is 0 Å². The van der Waals surface area contributed by atoms with Crippen molar-refractivity contribution < 1.29 is 4.74 Å². The minimum absolute atomic E-state index is 0.189. The van der Waals surface area contributed by atoms with E-state index in [0.29, 0.717) is 0 Å². The van der Waals surface area contributed by atoms with Gasteiger partial charge in [0, 0.05) is 11.2 Å². The first-order chi connectivity index (χ1) is 7.01. The maximum absolute atomic E-state index is 5.14. The van der Waals surface area contributed by atoms with Gasteiger partial charge in [-0.1, -0.05) is 6.92 Å². The normalized spacial score (nSPS) is 11.2. The first-order valence-corrected chi connectivity index (χ1v) is 5.39. The van der Waals surface area contributed by atoms with Crippen LogP contribution in [0.25, 0.3) is 0 Å². The van der Waals surface area contributed by atoms with Crippen molar-refractivity contribution in [2.75, 3.05) is 11.9 Å². The summed E-state index contributed by atoms with van der Waals surface area (Å²) in [5, 5.41) is 0. The lowest BCUT2D eigenvalue weighted by atomic mass is 9.94. The van der Waals surface area contributed by atoms with E-state index in [-0.39, 0.29) is 5.54 Å². The third-order valence-corrected chi connectivity index (χ3v) is 3.23. The molecule has 1 aromatic rings. The number of rotatable bonds is 4. The van der Waals surface area contributed by atoms with Crippen molar-refractivity contribution in [1.82, 2.24) is 0 Å². The van der Waals surface area contributed by atoms with Crippen LogP contribution in [-0.2, 0) is 0 Å². The largest absolute Gasteiger partial charge is 0.497 e. The van der Waals surface area contributed by atoms with Gasteiger partial charge in [-0.05, 0) is 44.5 Å². The van der Waals surface area contributed by atoms with Crippen molar-refractivity contribution in [2.24, 2.45) is 0 Å². The molecule has 0 aliphatic rings. The Morgan fingerprint density at radius 3 is 2.20 bits per heavy atom. The van der Waals surface area contributed by atoms with Crippen LogP contribution in [0.4, 0.5) is 5.69 Å². The Kier molecular flexibility index (Phi) is 3.67. The van der Waals surface area contributed by atoms with Crippen LogP contribution in [0.2, 0.25) is 0 Å². The Bertz CT molecular complexity index is 308. The predicted molar refractivity (Wildman–Crippen MR) is 68.4 cm³/mol. The molecule has 0 atom stereocenters. The lowest BCUT2D eigenvalue weighted by Crippen LogP contribution is -2.41. The van der Waals surface area contributed by atoms with Crippen molar-refractivity contribution in [3.05, 3.63) is 24.3 Å². The Labute approximate surface area is 93.7 Å². The molecule has 0 saturated carbocycles. The highest BCUT2D eigenvalue weighted by Crippen LogP contribution is 2.25. The fraction of sp³-hybridized carbons (Fsp3) is 0.500. The minimum atomic E-state index is 0.189. The van der Waals surface area contributed by atoms with Gasteiger partial charge in [0.2, 0.25) is 7.98 Å². The SMILES string of the molecule is BN(c1ccc(OC)cc1)C(C)(C)CC. The summed E-state index contributed by atoms with van der Waals surface area (Å²) in [6, 6.07) is 8.18. The van der Waals surface area contributed by atoms with Crippen LogP contribution in [0.5, 0.6) is 5.75 Å². The fourth-order valence-corrected chi connectivity index (χ4v) is 1.39. The smallest absolute Gasteiger partial charge is 0.218 e. The lowest BCUT2D eigenvalue weighted by Gasteiger charge is -2.37. The molecule has 1 aromatic carbocycles. The number of hydrogen-bond donors (Lipinski definition) is 0. The van der Waals surface area contributed by atoms with E-state index in [4.69, 9.17) is 4.74 Å². The van der Waals surface area contributed by atoms with Crippen LogP contribution < -0.4 is 9.55 Å². The van der Waals surface area contributed by atoms with E-state index in [1.165, 1.54) is 5.69 Å². The van der Waals surface area contributed by atoms with Gasteiger partial charge in [0.1, 0.15) is 5.75 Å².